The van der Waals surface area contributed by atoms with Crippen molar-refractivity contribution in [2.24, 2.45) is 0 Å². The molecule has 3 aromatic rings. The Labute approximate surface area is 164 Å². The van der Waals surface area contributed by atoms with Gasteiger partial charge in [0.15, 0.2) is 0 Å². The molecule has 2 heterocycles. The van der Waals surface area contributed by atoms with Gasteiger partial charge in [0.05, 0.1) is 5.69 Å². The third kappa shape index (κ3) is 4.29. The average Bonchev–Trinajstić information content (AvgIpc) is 3.25. The second-order valence-corrected chi connectivity index (χ2v) is 8.08. The molecule has 1 aromatic heterocycles. The van der Waals surface area contributed by atoms with Gasteiger partial charge in [0.25, 0.3) is 0 Å². The fourth-order valence-corrected chi connectivity index (χ4v) is 4.19. The van der Waals surface area contributed by atoms with Crippen LogP contribution < -0.4 is 9.46 Å². The standard InChI is InChI=1S/C20H20N4O3S/c25-28(26,24-13-7-8-14-24)23-20-21-18(16-9-3-1-4-10-16)15-19(22-20)27-17-11-5-2-6-12-17/h1-6,9-12,15H,7-8,13-14H2,(H,21,22,23). The van der Waals surface area contributed by atoms with Crippen molar-refractivity contribution in [3.8, 4) is 22.9 Å². The second kappa shape index (κ2) is 7.95. The van der Waals surface area contributed by atoms with E-state index in [-0.39, 0.29) is 11.8 Å². The van der Waals surface area contributed by atoms with Crippen molar-refractivity contribution >= 4 is 16.2 Å². The summed E-state index contributed by atoms with van der Waals surface area (Å²) in [6.07, 6.45) is 1.71. The van der Waals surface area contributed by atoms with Gasteiger partial charge in [-0.3, -0.25) is 0 Å². The van der Waals surface area contributed by atoms with Gasteiger partial charge in [-0.2, -0.15) is 17.7 Å². The fraction of sp³-hybridized carbons (Fsp3) is 0.200. The average molecular weight is 396 g/mol. The van der Waals surface area contributed by atoms with Gasteiger partial charge in [0, 0.05) is 24.7 Å². The minimum absolute atomic E-state index is 0.0146. The van der Waals surface area contributed by atoms with E-state index in [1.807, 2.05) is 48.5 Å². The van der Waals surface area contributed by atoms with Crippen LogP contribution in [0.15, 0.2) is 66.7 Å². The number of hydrogen-bond donors (Lipinski definition) is 1. The molecule has 0 unspecified atom stereocenters. The largest absolute Gasteiger partial charge is 0.439 e. The number of hydrogen-bond acceptors (Lipinski definition) is 5. The van der Waals surface area contributed by atoms with Gasteiger partial charge in [-0.1, -0.05) is 48.5 Å². The number of anilines is 1. The van der Waals surface area contributed by atoms with Gasteiger partial charge >= 0.3 is 10.2 Å². The second-order valence-electron chi connectivity index (χ2n) is 6.41. The maximum atomic E-state index is 12.6. The third-order valence-corrected chi connectivity index (χ3v) is 5.85. The van der Waals surface area contributed by atoms with Crippen LogP contribution in [0.2, 0.25) is 0 Å². The molecule has 1 aliphatic heterocycles. The van der Waals surface area contributed by atoms with E-state index in [2.05, 4.69) is 14.7 Å². The summed E-state index contributed by atoms with van der Waals surface area (Å²) in [5, 5.41) is 0. The van der Waals surface area contributed by atoms with Crippen molar-refractivity contribution in [1.29, 1.82) is 0 Å². The topological polar surface area (TPSA) is 84.4 Å². The monoisotopic (exact) mass is 396 g/mol. The molecule has 7 nitrogen and oxygen atoms in total. The Kier molecular flexibility index (Phi) is 5.23. The van der Waals surface area contributed by atoms with E-state index in [4.69, 9.17) is 4.74 Å². The highest BCUT2D eigenvalue weighted by Crippen LogP contribution is 2.26. The van der Waals surface area contributed by atoms with Gasteiger partial charge in [0.2, 0.25) is 11.8 Å². The molecule has 0 saturated carbocycles. The molecule has 2 aromatic carbocycles. The molecule has 4 rings (SSSR count). The van der Waals surface area contributed by atoms with Crippen molar-refractivity contribution in [2.45, 2.75) is 12.8 Å². The lowest BCUT2D eigenvalue weighted by Gasteiger charge is -2.16. The van der Waals surface area contributed by atoms with Crippen molar-refractivity contribution in [3.05, 3.63) is 66.7 Å². The van der Waals surface area contributed by atoms with Gasteiger partial charge in [0.1, 0.15) is 5.75 Å². The molecule has 144 valence electrons. The van der Waals surface area contributed by atoms with E-state index >= 15 is 0 Å². The molecule has 1 fully saturated rings. The number of nitrogens with one attached hydrogen (secondary N) is 1. The highest BCUT2D eigenvalue weighted by atomic mass is 32.2. The van der Waals surface area contributed by atoms with E-state index in [9.17, 15) is 8.42 Å². The maximum absolute atomic E-state index is 12.6. The van der Waals surface area contributed by atoms with Crippen LogP contribution in [0.1, 0.15) is 12.8 Å². The Morgan fingerprint density at radius 2 is 1.54 bits per heavy atom. The number of nitrogens with zero attached hydrogens (tertiary/aromatic N) is 3. The van der Waals surface area contributed by atoms with E-state index in [0.29, 0.717) is 24.5 Å². The van der Waals surface area contributed by atoms with Gasteiger partial charge < -0.3 is 4.74 Å². The number of ether oxygens (including phenoxy) is 1. The van der Waals surface area contributed by atoms with Crippen LogP contribution in [0.3, 0.4) is 0 Å². The summed E-state index contributed by atoms with van der Waals surface area (Å²) >= 11 is 0. The van der Waals surface area contributed by atoms with Crippen LogP contribution in [-0.4, -0.2) is 35.8 Å². The Bertz CT molecular complexity index is 1040. The Morgan fingerprint density at radius 3 is 2.21 bits per heavy atom. The zero-order valence-corrected chi connectivity index (χ0v) is 16.0. The molecule has 0 atom stereocenters. The van der Waals surface area contributed by atoms with E-state index in [0.717, 1.165) is 18.4 Å². The predicted octanol–water partition coefficient (Wildman–Crippen LogP) is 3.69. The predicted molar refractivity (Wildman–Crippen MR) is 107 cm³/mol. The maximum Gasteiger partial charge on any atom is 0.303 e. The Morgan fingerprint density at radius 1 is 0.893 bits per heavy atom. The SMILES string of the molecule is O=S(=O)(Nc1nc(Oc2ccccc2)cc(-c2ccccc2)n1)N1CCCC1. The molecule has 0 aliphatic carbocycles. The third-order valence-electron chi connectivity index (χ3n) is 4.36. The van der Waals surface area contributed by atoms with Crippen LogP contribution in [0, 0.1) is 0 Å². The molecular weight excluding hydrogens is 376 g/mol. The summed E-state index contributed by atoms with van der Waals surface area (Å²) in [6.45, 7) is 1.00. The van der Waals surface area contributed by atoms with Crippen LogP contribution >= 0.6 is 0 Å². The fourth-order valence-electron chi connectivity index (χ4n) is 3.00. The summed E-state index contributed by atoms with van der Waals surface area (Å²) in [5.41, 5.74) is 1.41. The Hall–Kier alpha value is -2.97. The minimum atomic E-state index is -3.70. The molecule has 0 amide bonds. The first-order valence-corrected chi connectivity index (χ1v) is 10.5. The van der Waals surface area contributed by atoms with E-state index < -0.39 is 10.2 Å². The smallest absolute Gasteiger partial charge is 0.303 e. The molecule has 0 spiro atoms. The molecule has 8 heteroatoms. The van der Waals surface area contributed by atoms with Crippen LogP contribution in [0.5, 0.6) is 11.6 Å². The summed E-state index contributed by atoms with van der Waals surface area (Å²) in [4.78, 5) is 8.65. The lowest BCUT2D eigenvalue weighted by molar-refractivity contribution is 0.462. The highest BCUT2D eigenvalue weighted by Gasteiger charge is 2.26. The quantitative estimate of drug-likeness (QED) is 0.687. The molecule has 0 radical (unpaired) electrons. The number of para-hydroxylation sites is 1. The zero-order chi connectivity index (χ0) is 19.4. The van der Waals surface area contributed by atoms with Gasteiger partial charge in [-0.25, -0.2) is 9.71 Å². The summed E-state index contributed by atoms with van der Waals surface area (Å²) in [6, 6.07) is 20.4. The molecule has 28 heavy (non-hydrogen) atoms. The van der Waals surface area contributed by atoms with E-state index in [1.165, 1.54) is 4.31 Å². The van der Waals surface area contributed by atoms with Crippen LogP contribution in [0.4, 0.5) is 5.95 Å². The lowest BCUT2D eigenvalue weighted by atomic mass is 10.1. The molecule has 0 bridgehead atoms. The van der Waals surface area contributed by atoms with Crippen LogP contribution in [0.25, 0.3) is 11.3 Å². The molecule has 1 N–H and O–H groups in total. The number of rotatable bonds is 6. The van der Waals surface area contributed by atoms with Crippen LogP contribution in [-0.2, 0) is 10.2 Å². The molecule has 1 saturated heterocycles. The number of aromatic nitrogens is 2. The van der Waals surface area contributed by atoms with Gasteiger partial charge in [-0.15, -0.1) is 0 Å². The normalized spacial score (nSPS) is 14.7. The first-order valence-electron chi connectivity index (χ1n) is 9.05. The van der Waals surface area contributed by atoms with Crippen molar-refractivity contribution < 1.29 is 13.2 Å². The first kappa shape index (κ1) is 18.4. The highest BCUT2D eigenvalue weighted by molar-refractivity contribution is 7.90. The summed E-state index contributed by atoms with van der Waals surface area (Å²) in [7, 11) is -3.70. The number of benzene rings is 2. The minimum Gasteiger partial charge on any atom is -0.439 e. The van der Waals surface area contributed by atoms with Crippen molar-refractivity contribution in [1.82, 2.24) is 14.3 Å². The molecule has 1 aliphatic rings. The van der Waals surface area contributed by atoms with Crippen molar-refractivity contribution in [2.75, 3.05) is 17.8 Å². The molecular formula is C20H20N4O3S. The Balaban J connectivity index is 1.69. The lowest BCUT2D eigenvalue weighted by Crippen LogP contribution is -2.34. The van der Waals surface area contributed by atoms with Gasteiger partial charge in [-0.05, 0) is 25.0 Å². The van der Waals surface area contributed by atoms with Crippen molar-refractivity contribution in [3.63, 3.8) is 0 Å². The van der Waals surface area contributed by atoms with E-state index in [1.54, 1.807) is 18.2 Å². The zero-order valence-electron chi connectivity index (χ0n) is 15.2. The summed E-state index contributed by atoms with van der Waals surface area (Å²) in [5.74, 6) is 0.854. The first-order chi connectivity index (χ1) is 13.6. The summed E-state index contributed by atoms with van der Waals surface area (Å²) < 4.78 is 34.9.